The number of carbonyl (C=O) groups is 1. The summed E-state index contributed by atoms with van der Waals surface area (Å²) in [5, 5.41) is 1.31. The van der Waals surface area contributed by atoms with Gasteiger partial charge in [-0.25, -0.2) is 9.97 Å². The van der Waals surface area contributed by atoms with Gasteiger partial charge in [-0.2, -0.15) is 0 Å². The molecule has 7 nitrogen and oxygen atoms in total. The number of fused-ring (bicyclic) bond motifs is 3. The molecule has 2 N–H and O–H groups in total. The Bertz CT molecular complexity index is 1100. The smallest absolute Gasteiger partial charge is 0.190 e. The molecule has 0 aliphatic heterocycles. The first-order chi connectivity index (χ1) is 16.4. The van der Waals surface area contributed by atoms with Gasteiger partial charge in [-0.05, 0) is 31.6 Å². The van der Waals surface area contributed by atoms with Crippen LogP contribution in [0, 0.1) is 0 Å². The van der Waals surface area contributed by atoms with E-state index in [9.17, 15) is 4.79 Å². The molecule has 0 saturated heterocycles. The summed E-state index contributed by atoms with van der Waals surface area (Å²) in [5.41, 5.74) is 9.19. The van der Waals surface area contributed by atoms with E-state index in [1.807, 2.05) is 18.4 Å². The van der Waals surface area contributed by atoms with Gasteiger partial charge in [-0.3, -0.25) is 4.79 Å². The Kier molecular flexibility index (Phi) is 9.74. The summed E-state index contributed by atoms with van der Waals surface area (Å²) < 4.78 is 8.97. The average molecular weight is 487 g/mol. The van der Waals surface area contributed by atoms with Crippen LogP contribution < -0.4 is 5.73 Å². The van der Waals surface area contributed by atoms with E-state index in [4.69, 9.17) is 15.5 Å². The van der Waals surface area contributed by atoms with Crippen molar-refractivity contribution in [1.82, 2.24) is 14.5 Å². The molecule has 3 aromatic rings. The van der Waals surface area contributed by atoms with Crippen LogP contribution in [0.5, 0.6) is 0 Å². The number of hydrogen-bond acceptors (Lipinski definition) is 6. The Morgan fingerprint density at radius 1 is 1.12 bits per heavy atom. The molecule has 0 spiro atoms. The third-order valence-corrected chi connectivity index (χ3v) is 7.02. The van der Waals surface area contributed by atoms with E-state index in [2.05, 4.69) is 42.7 Å². The number of nitrogens with zero attached hydrogens (tertiary/aromatic N) is 4. The number of thioether (sulfide) groups is 1. The number of pyridine rings is 1. The average Bonchev–Trinajstić information content (AvgIpc) is 3.19. The minimum atomic E-state index is 0.185. The Morgan fingerprint density at radius 2 is 1.91 bits per heavy atom. The Labute approximate surface area is 207 Å². The molecule has 8 heteroatoms. The highest BCUT2D eigenvalue weighted by Crippen LogP contribution is 2.29. The number of benzene rings is 1. The highest BCUT2D eigenvalue weighted by molar-refractivity contribution is 8.13. The van der Waals surface area contributed by atoms with E-state index in [1.54, 1.807) is 0 Å². The molecule has 3 rings (SSSR count). The molecule has 0 atom stereocenters. The number of nitrogens with two attached hydrogens (primary N) is 1. The molecule has 0 aliphatic rings. The SMILES string of the molecule is CCCCc1nc2c(N)nc3ccccc3c2n1CCCC[N+](C)(C)CCOCCC(=O)SC. The molecule has 0 saturated carbocycles. The van der Waals surface area contributed by atoms with Crippen LogP contribution in [0.1, 0.15) is 44.9 Å². The molecule has 0 unspecified atom stereocenters. The fraction of sp³-hybridized carbons (Fsp3) is 0.577. The van der Waals surface area contributed by atoms with E-state index in [-0.39, 0.29) is 5.12 Å². The number of aromatic nitrogens is 3. The summed E-state index contributed by atoms with van der Waals surface area (Å²) in [6, 6.07) is 8.21. The van der Waals surface area contributed by atoms with Crippen LogP contribution in [0.15, 0.2) is 24.3 Å². The molecule has 186 valence electrons. The van der Waals surface area contributed by atoms with Crippen LogP contribution in [0.2, 0.25) is 0 Å². The third-order valence-electron chi connectivity index (χ3n) is 6.36. The topological polar surface area (TPSA) is 83.0 Å². The molecule has 0 fully saturated rings. The normalized spacial score (nSPS) is 12.1. The lowest BCUT2D eigenvalue weighted by Crippen LogP contribution is -2.43. The number of likely N-dealkylation sites (N-methyl/N-ethyl adjacent to an activating group) is 1. The molecule has 1 aromatic carbocycles. The van der Waals surface area contributed by atoms with Crippen LogP contribution in [0.4, 0.5) is 5.82 Å². The highest BCUT2D eigenvalue weighted by Gasteiger charge is 2.18. The first-order valence-electron chi connectivity index (χ1n) is 12.4. The maximum Gasteiger partial charge on any atom is 0.190 e. The van der Waals surface area contributed by atoms with Crippen LogP contribution in [0.25, 0.3) is 21.9 Å². The third kappa shape index (κ3) is 6.93. The van der Waals surface area contributed by atoms with Gasteiger partial charge in [-0.15, -0.1) is 0 Å². The fourth-order valence-corrected chi connectivity index (χ4v) is 4.55. The van der Waals surface area contributed by atoms with Crippen LogP contribution in [-0.4, -0.2) is 70.8 Å². The number of para-hydroxylation sites is 1. The second-order valence-corrected chi connectivity index (χ2v) is 10.4. The van der Waals surface area contributed by atoms with Crippen molar-refractivity contribution in [3.8, 4) is 0 Å². The van der Waals surface area contributed by atoms with Gasteiger partial charge in [0.05, 0.1) is 44.9 Å². The second-order valence-electron chi connectivity index (χ2n) is 9.52. The zero-order valence-electron chi connectivity index (χ0n) is 21.2. The van der Waals surface area contributed by atoms with E-state index < -0.39 is 0 Å². The van der Waals surface area contributed by atoms with Gasteiger partial charge in [0.25, 0.3) is 0 Å². The van der Waals surface area contributed by atoms with Crippen molar-refractivity contribution in [2.45, 2.75) is 52.0 Å². The first-order valence-corrected chi connectivity index (χ1v) is 13.6. The van der Waals surface area contributed by atoms with Crippen molar-refractivity contribution in [2.24, 2.45) is 0 Å². The first kappa shape index (κ1) is 26.4. The van der Waals surface area contributed by atoms with E-state index in [0.29, 0.717) is 25.5 Å². The van der Waals surface area contributed by atoms with Crippen molar-refractivity contribution in [1.29, 1.82) is 0 Å². The quantitative estimate of drug-likeness (QED) is 0.264. The standard InChI is InChI=1S/C26H40N5O2S/c1-5-6-13-22-29-24-25(20-11-7-8-12-21(20)28-26(24)27)30(22)15-9-10-16-31(2,3)17-19-33-18-14-23(32)34-4/h7-8,11-12H,5-6,9-10,13-19H2,1-4H3,(H2,27,28)/q+1. The summed E-state index contributed by atoms with van der Waals surface area (Å²) in [4.78, 5) is 20.9. The number of anilines is 1. The number of hydrogen-bond donors (Lipinski definition) is 1. The number of quaternary nitrogens is 1. The molecule has 2 aromatic heterocycles. The molecule has 2 heterocycles. The van der Waals surface area contributed by atoms with Crippen LogP contribution >= 0.6 is 11.8 Å². The Morgan fingerprint density at radius 3 is 2.68 bits per heavy atom. The van der Waals surface area contributed by atoms with Crippen LogP contribution in [-0.2, 0) is 22.5 Å². The van der Waals surface area contributed by atoms with Crippen molar-refractivity contribution in [3.63, 3.8) is 0 Å². The molecular weight excluding hydrogens is 446 g/mol. The van der Waals surface area contributed by atoms with Gasteiger partial charge in [0, 0.05) is 24.8 Å². The zero-order valence-corrected chi connectivity index (χ0v) is 22.0. The van der Waals surface area contributed by atoms with Crippen molar-refractivity contribution in [2.75, 3.05) is 52.4 Å². The van der Waals surface area contributed by atoms with Gasteiger partial charge in [-0.1, -0.05) is 43.3 Å². The summed E-state index contributed by atoms with van der Waals surface area (Å²) >= 11 is 1.27. The molecule has 0 amide bonds. The summed E-state index contributed by atoms with van der Waals surface area (Å²) in [6.45, 7) is 6.35. The van der Waals surface area contributed by atoms with Crippen molar-refractivity contribution in [3.05, 3.63) is 30.1 Å². The van der Waals surface area contributed by atoms with E-state index in [1.165, 1.54) is 11.8 Å². The molecule has 0 bridgehead atoms. The lowest BCUT2D eigenvalue weighted by molar-refractivity contribution is -0.891. The fourth-order valence-electron chi connectivity index (χ4n) is 4.26. The largest absolute Gasteiger partial charge is 0.382 e. The summed E-state index contributed by atoms with van der Waals surface area (Å²) in [6.07, 6.45) is 7.70. The number of unbranched alkanes of at least 4 members (excludes halogenated alkanes) is 2. The Balaban J connectivity index is 1.63. The zero-order chi connectivity index (χ0) is 24.6. The number of carbonyl (C=O) groups excluding carboxylic acids is 1. The monoisotopic (exact) mass is 486 g/mol. The van der Waals surface area contributed by atoms with Gasteiger partial charge in [0.2, 0.25) is 0 Å². The van der Waals surface area contributed by atoms with E-state index in [0.717, 1.165) is 84.0 Å². The van der Waals surface area contributed by atoms with Gasteiger partial charge in [0.15, 0.2) is 10.9 Å². The molecule has 0 radical (unpaired) electrons. The number of rotatable bonds is 14. The summed E-state index contributed by atoms with van der Waals surface area (Å²) in [5.74, 6) is 1.63. The second kappa shape index (κ2) is 12.5. The lowest BCUT2D eigenvalue weighted by Gasteiger charge is -2.29. The van der Waals surface area contributed by atoms with Gasteiger partial charge < -0.3 is 19.5 Å². The predicted octanol–water partition coefficient (Wildman–Crippen LogP) is 4.66. The highest BCUT2D eigenvalue weighted by atomic mass is 32.2. The van der Waals surface area contributed by atoms with Crippen LogP contribution in [0.3, 0.4) is 0 Å². The number of nitrogen functional groups attached to an aromatic ring is 1. The Hall–Kier alpha value is -2.16. The minimum absolute atomic E-state index is 0.185. The van der Waals surface area contributed by atoms with E-state index >= 15 is 0 Å². The van der Waals surface area contributed by atoms with Gasteiger partial charge in [0.1, 0.15) is 17.9 Å². The number of imidazole rings is 1. The molecular formula is C26H40N5O2S+. The molecule has 34 heavy (non-hydrogen) atoms. The van der Waals surface area contributed by atoms with Crippen molar-refractivity contribution < 1.29 is 14.0 Å². The molecule has 0 aliphatic carbocycles. The van der Waals surface area contributed by atoms with Crippen molar-refractivity contribution >= 4 is 44.6 Å². The number of aryl methyl sites for hydroxylation is 2. The maximum atomic E-state index is 11.4. The maximum absolute atomic E-state index is 11.4. The minimum Gasteiger partial charge on any atom is -0.382 e. The van der Waals surface area contributed by atoms with Gasteiger partial charge >= 0.3 is 0 Å². The lowest BCUT2D eigenvalue weighted by atomic mass is 10.1. The predicted molar refractivity (Wildman–Crippen MR) is 143 cm³/mol. The summed E-state index contributed by atoms with van der Waals surface area (Å²) in [7, 11) is 4.49. The number of ether oxygens (including phenoxy) is 1.